The van der Waals surface area contributed by atoms with Gasteiger partial charge in [-0.05, 0) is 45.6 Å². The van der Waals surface area contributed by atoms with Crippen LogP contribution in [-0.2, 0) is 9.53 Å². The smallest absolute Gasteiger partial charge is 0.339 e. The Morgan fingerprint density at radius 1 is 1.13 bits per heavy atom. The Morgan fingerprint density at radius 3 is 2.42 bits per heavy atom. The van der Waals surface area contributed by atoms with Gasteiger partial charge in [-0.25, -0.2) is 19.3 Å². The van der Waals surface area contributed by atoms with E-state index in [2.05, 4.69) is 20.7 Å². The van der Waals surface area contributed by atoms with Gasteiger partial charge in [0.25, 0.3) is 5.91 Å². The number of aromatic nitrogens is 3. The molecule has 1 aliphatic rings. The number of hydrogen-bond acceptors (Lipinski definition) is 6. The van der Waals surface area contributed by atoms with Gasteiger partial charge in [-0.1, -0.05) is 26.7 Å². The van der Waals surface area contributed by atoms with E-state index >= 15 is 0 Å². The Bertz CT molecular complexity index is 976. The molecule has 2 heterocycles. The molecule has 3 rings (SSSR count). The molecule has 0 aromatic carbocycles. The number of imide groups is 1. The molecular formula is C22H31N5O4. The Balaban J connectivity index is 1.74. The van der Waals surface area contributed by atoms with Crippen molar-refractivity contribution in [3.63, 3.8) is 0 Å². The maximum Gasteiger partial charge on any atom is 0.339 e. The summed E-state index contributed by atoms with van der Waals surface area (Å²) < 4.78 is 7.14. The SMILES string of the molecule is CC(C)c1cc(C(=O)O[C@H](C)C(=O)NC(=O)NC2CCCC2)c2cnn(C(C)C)c2n1. The number of nitrogens with one attached hydrogen (secondary N) is 2. The molecule has 0 radical (unpaired) electrons. The Kier molecular flexibility index (Phi) is 6.92. The van der Waals surface area contributed by atoms with Gasteiger partial charge in [0.15, 0.2) is 11.8 Å². The normalized spacial score (nSPS) is 15.5. The van der Waals surface area contributed by atoms with E-state index < -0.39 is 24.0 Å². The molecule has 1 saturated carbocycles. The molecule has 1 aliphatic carbocycles. The van der Waals surface area contributed by atoms with E-state index in [9.17, 15) is 14.4 Å². The van der Waals surface area contributed by atoms with Crippen molar-refractivity contribution in [3.8, 4) is 0 Å². The van der Waals surface area contributed by atoms with Crippen LogP contribution >= 0.6 is 0 Å². The highest BCUT2D eigenvalue weighted by Crippen LogP contribution is 2.25. The number of ether oxygens (including phenoxy) is 1. The number of amides is 3. The molecule has 9 nitrogen and oxygen atoms in total. The number of carbonyl (C=O) groups is 3. The number of nitrogens with zero attached hydrogens (tertiary/aromatic N) is 3. The van der Waals surface area contributed by atoms with Gasteiger partial charge in [0.2, 0.25) is 0 Å². The lowest BCUT2D eigenvalue weighted by Gasteiger charge is -2.16. The van der Waals surface area contributed by atoms with E-state index in [1.807, 2.05) is 27.7 Å². The average molecular weight is 430 g/mol. The summed E-state index contributed by atoms with van der Waals surface area (Å²) in [4.78, 5) is 42.0. The summed E-state index contributed by atoms with van der Waals surface area (Å²) in [6.45, 7) is 9.38. The molecule has 0 unspecified atom stereocenters. The van der Waals surface area contributed by atoms with Gasteiger partial charge >= 0.3 is 12.0 Å². The molecule has 9 heteroatoms. The topological polar surface area (TPSA) is 115 Å². The van der Waals surface area contributed by atoms with Crippen molar-refractivity contribution in [2.24, 2.45) is 0 Å². The minimum Gasteiger partial charge on any atom is -0.449 e. The van der Waals surface area contributed by atoms with E-state index in [-0.39, 0.29) is 18.0 Å². The highest BCUT2D eigenvalue weighted by Gasteiger charge is 2.25. The molecule has 168 valence electrons. The maximum atomic E-state index is 12.9. The van der Waals surface area contributed by atoms with Gasteiger partial charge < -0.3 is 10.1 Å². The molecule has 3 amide bonds. The van der Waals surface area contributed by atoms with E-state index in [4.69, 9.17) is 4.74 Å². The van der Waals surface area contributed by atoms with Crippen LogP contribution in [0.25, 0.3) is 11.0 Å². The zero-order chi connectivity index (χ0) is 22.7. The lowest BCUT2D eigenvalue weighted by molar-refractivity contribution is -0.127. The molecule has 2 aromatic heterocycles. The monoisotopic (exact) mass is 429 g/mol. The molecule has 0 aliphatic heterocycles. The second kappa shape index (κ2) is 9.45. The van der Waals surface area contributed by atoms with Crippen molar-refractivity contribution >= 4 is 28.9 Å². The summed E-state index contributed by atoms with van der Waals surface area (Å²) in [6.07, 6.45) is 4.41. The Hall–Kier alpha value is -2.97. The zero-order valence-corrected chi connectivity index (χ0v) is 18.8. The molecule has 2 N–H and O–H groups in total. The van der Waals surface area contributed by atoms with E-state index in [0.29, 0.717) is 16.6 Å². The van der Waals surface area contributed by atoms with Crippen LogP contribution in [0.3, 0.4) is 0 Å². The minimum absolute atomic E-state index is 0.0689. The number of rotatable bonds is 6. The van der Waals surface area contributed by atoms with Crippen molar-refractivity contribution in [1.82, 2.24) is 25.4 Å². The molecule has 0 saturated heterocycles. The van der Waals surface area contributed by atoms with Crippen LogP contribution in [0.1, 0.15) is 88.3 Å². The molecule has 2 aromatic rings. The number of carbonyl (C=O) groups excluding carboxylic acids is 3. The zero-order valence-electron chi connectivity index (χ0n) is 18.8. The van der Waals surface area contributed by atoms with Crippen molar-refractivity contribution < 1.29 is 19.1 Å². The van der Waals surface area contributed by atoms with Gasteiger partial charge in [-0.3, -0.25) is 10.1 Å². The fourth-order valence-corrected chi connectivity index (χ4v) is 3.66. The van der Waals surface area contributed by atoms with Crippen LogP contribution in [0.5, 0.6) is 0 Å². The molecule has 1 atom stereocenters. The summed E-state index contributed by atoms with van der Waals surface area (Å²) in [5, 5.41) is 9.95. The summed E-state index contributed by atoms with van der Waals surface area (Å²) in [6, 6.07) is 1.27. The lowest BCUT2D eigenvalue weighted by atomic mass is 10.1. The second-order valence-electron chi connectivity index (χ2n) is 8.66. The van der Waals surface area contributed by atoms with E-state index in [1.54, 1.807) is 16.9 Å². The first-order valence-corrected chi connectivity index (χ1v) is 10.9. The van der Waals surface area contributed by atoms with E-state index in [1.165, 1.54) is 6.92 Å². The van der Waals surface area contributed by atoms with Crippen molar-refractivity contribution in [1.29, 1.82) is 0 Å². The fourth-order valence-electron chi connectivity index (χ4n) is 3.66. The summed E-state index contributed by atoms with van der Waals surface area (Å²) in [5.74, 6) is -1.24. The van der Waals surface area contributed by atoms with Crippen molar-refractivity contribution in [3.05, 3.63) is 23.5 Å². The van der Waals surface area contributed by atoms with Crippen LogP contribution in [0.2, 0.25) is 0 Å². The standard InChI is InChI=1S/C22H31N5O4/c1-12(2)18-10-16(17-11-23-27(13(3)4)19(17)25-18)21(29)31-14(5)20(28)26-22(30)24-15-8-6-7-9-15/h10-15H,6-9H2,1-5H3,(H2,24,26,28,30)/t14-/m1/s1. The lowest BCUT2D eigenvalue weighted by Crippen LogP contribution is -2.47. The molecule has 1 fully saturated rings. The molecule has 31 heavy (non-hydrogen) atoms. The first kappa shape index (κ1) is 22.7. The third kappa shape index (κ3) is 5.21. The Morgan fingerprint density at radius 2 is 1.81 bits per heavy atom. The first-order valence-electron chi connectivity index (χ1n) is 10.9. The maximum absolute atomic E-state index is 12.9. The van der Waals surface area contributed by atoms with Gasteiger partial charge in [0.05, 0.1) is 17.1 Å². The van der Waals surface area contributed by atoms with Gasteiger partial charge in [0.1, 0.15) is 0 Å². The molecule has 0 bridgehead atoms. The summed E-state index contributed by atoms with van der Waals surface area (Å²) in [7, 11) is 0. The quantitative estimate of drug-likeness (QED) is 0.680. The summed E-state index contributed by atoms with van der Waals surface area (Å²) in [5.41, 5.74) is 1.63. The van der Waals surface area contributed by atoms with Crippen LogP contribution < -0.4 is 10.6 Å². The third-order valence-corrected chi connectivity index (χ3v) is 5.47. The number of fused-ring (bicyclic) bond motifs is 1. The van der Waals surface area contributed by atoms with Crippen molar-refractivity contribution in [2.75, 3.05) is 0 Å². The van der Waals surface area contributed by atoms with Gasteiger partial charge in [0, 0.05) is 17.8 Å². The number of urea groups is 1. The highest BCUT2D eigenvalue weighted by atomic mass is 16.5. The minimum atomic E-state index is -1.13. The van der Waals surface area contributed by atoms with Crippen LogP contribution in [-0.4, -0.2) is 44.8 Å². The number of esters is 1. The largest absolute Gasteiger partial charge is 0.449 e. The predicted molar refractivity (Wildman–Crippen MR) is 116 cm³/mol. The van der Waals surface area contributed by atoms with Crippen LogP contribution in [0.4, 0.5) is 4.79 Å². The van der Waals surface area contributed by atoms with Crippen molar-refractivity contribution in [2.45, 2.75) is 84.4 Å². The number of pyridine rings is 1. The average Bonchev–Trinajstić information content (AvgIpc) is 3.36. The fraction of sp³-hybridized carbons (Fsp3) is 0.591. The Labute approximate surface area is 181 Å². The van der Waals surface area contributed by atoms with Crippen LogP contribution in [0, 0.1) is 0 Å². The summed E-state index contributed by atoms with van der Waals surface area (Å²) >= 11 is 0. The third-order valence-electron chi connectivity index (χ3n) is 5.47. The second-order valence-corrected chi connectivity index (χ2v) is 8.66. The molecular weight excluding hydrogens is 398 g/mol. The highest BCUT2D eigenvalue weighted by molar-refractivity contribution is 6.04. The van der Waals surface area contributed by atoms with E-state index in [0.717, 1.165) is 31.4 Å². The van der Waals surface area contributed by atoms with Gasteiger partial charge in [-0.2, -0.15) is 5.10 Å². The van der Waals surface area contributed by atoms with Crippen LogP contribution in [0.15, 0.2) is 12.3 Å². The first-order chi connectivity index (χ1) is 14.7. The molecule has 0 spiro atoms. The van der Waals surface area contributed by atoms with Gasteiger partial charge in [-0.15, -0.1) is 0 Å². The predicted octanol–water partition coefficient (Wildman–Crippen LogP) is 3.45. The number of hydrogen-bond donors (Lipinski definition) is 2.